The lowest BCUT2D eigenvalue weighted by Crippen LogP contribution is -2.14. The van der Waals surface area contributed by atoms with E-state index >= 15 is 0 Å². The van der Waals surface area contributed by atoms with Crippen LogP contribution in [0.25, 0.3) is 0 Å². The smallest absolute Gasteiger partial charge is 0.335 e. The van der Waals surface area contributed by atoms with Crippen molar-refractivity contribution in [3.8, 4) is 0 Å². The minimum Gasteiger partial charge on any atom is -0.478 e. The van der Waals surface area contributed by atoms with E-state index < -0.39 is 5.97 Å². The molecule has 0 aliphatic rings. The molecule has 1 aromatic carbocycles. The van der Waals surface area contributed by atoms with E-state index in [0.717, 1.165) is 11.4 Å². The lowest BCUT2D eigenvalue weighted by atomic mass is 10.1. The van der Waals surface area contributed by atoms with Crippen molar-refractivity contribution in [1.29, 1.82) is 0 Å². The molecule has 7 heteroatoms. The van der Waals surface area contributed by atoms with Crippen LogP contribution in [-0.2, 0) is 5.75 Å². The van der Waals surface area contributed by atoms with Crippen molar-refractivity contribution < 1.29 is 9.90 Å². The van der Waals surface area contributed by atoms with Gasteiger partial charge < -0.3 is 10.9 Å². The molecule has 2 aromatic rings. The van der Waals surface area contributed by atoms with Crippen LogP contribution in [0, 0.1) is 0 Å². The van der Waals surface area contributed by atoms with Crippen molar-refractivity contribution in [2.75, 3.05) is 5.84 Å². The normalized spacial score (nSPS) is 10.9. The van der Waals surface area contributed by atoms with Crippen LogP contribution in [0.5, 0.6) is 0 Å². The van der Waals surface area contributed by atoms with Gasteiger partial charge in [0.2, 0.25) is 5.16 Å². The summed E-state index contributed by atoms with van der Waals surface area (Å²) in [5, 5.41) is 17.7. The molecule has 0 fully saturated rings. The molecule has 1 heterocycles. The first-order valence-corrected chi connectivity index (χ1v) is 7.13. The highest BCUT2D eigenvalue weighted by Crippen LogP contribution is 2.22. The summed E-state index contributed by atoms with van der Waals surface area (Å²) >= 11 is 1.43. The second kappa shape index (κ2) is 5.96. The highest BCUT2D eigenvalue weighted by molar-refractivity contribution is 7.98. The maximum atomic E-state index is 10.9. The Morgan fingerprint density at radius 2 is 2.20 bits per heavy atom. The molecule has 0 atom stereocenters. The summed E-state index contributed by atoms with van der Waals surface area (Å²) in [7, 11) is 0. The van der Waals surface area contributed by atoms with Crippen LogP contribution in [0.3, 0.4) is 0 Å². The van der Waals surface area contributed by atoms with E-state index in [1.165, 1.54) is 16.4 Å². The van der Waals surface area contributed by atoms with Crippen LogP contribution in [0.15, 0.2) is 29.4 Å². The SMILES string of the molecule is CC(C)c1nnc(SCc2cccc(C(=O)O)c2)n1N. The molecule has 0 unspecified atom stereocenters. The van der Waals surface area contributed by atoms with Crippen molar-refractivity contribution in [3.63, 3.8) is 0 Å². The molecule has 0 saturated heterocycles. The van der Waals surface area contributed by atoms with Crippen molar-refractivity contribution in [1.82, 2.24) is 14.9 Å². The van der Waals surface area contributed by atoms with Crippen molar-refractivity contribution in [2.45, 2.75) is 30.7 Å². The minimum absolute atomic E-state index is 0.206. The molecule has 0 spiro atoms. The van der Waals surface area contributed by atoms with Crippen molar-refractivity contribution in [3.05, 3.63) is 41.2 Å². The van der Waals surface area contributed by atoms with Crippen LogP contribution < -0.4 is 5.84 Å². The predicted octanol–water partition coefficient (Wildman–Crippen LogP) is 2.11. The van der Waals surface area contributed by atoms with Crippen LogP contribution in [0.1, 0.15) is 41.5 Å². The number of rotatable bonds is 5. The fourth-order valence-electron chi connectivity index (χ4n) is 1.72. The van der Waals surface area contributed by atoms with E-state index in [-0.39, 0.29) is 11.5 Å². The predicted molar refractivity (Wildman–Crippen MR) is 77.2 cm³/mol. The molecule has 0 aliphatic carbocycles. The fraction of sp³-hybridized carbons (Fsp3) is 0.308. The number of thioether (sulfide) groups is 1. The van der Waals surface area contributed by atoms with Gasteiger partial charge in [0.15, 0.2) is 5.82 Å². The number of hydrogen-bond acceptors (Lipinski definition) is 5. The van der Waals surface area contributed by atoms with Gasteiger partial charge in [-0.25, -0.2) is 9.47 Å². The van der Waals surface area contributed by atoms with Crippen molar-refractivity contribution in [2.24, 2.45) is 0 Å². The highest BCUT2D eigenvalue weighted by atomic mass is 32.2. The Morgan fingerprint density at radius 1 is 1.45 bits per heavy atom. The molecule has 1 aromatic heterocycles. The van der Waals surface area contributed by atoms with Gasteiger partial charge in [-0.2, -0.15) is 0 Å². The van der Waals surface area contributed by atoms with Crippen LogP contribution in [0.4, 0.5) is 0 Å². The topological polar surface area (TPSA) is 94.0 Å². The van der Waals surface area contributed by atoms with E-state index in [1.807, 2.05) is 19.9 Å². The number of nitrogens with two attached hydrogens (primary N) is 1. The Hall–Kier alpha value is -2.02. The lowest BCUT2D eigenvalue weighted by molar-refractivity contribution is 0.0697. The van der Waals surface area contributed by atoms with Gasteiger partial charge in [-0.05, 0) is 17.7 Å². The van der Waals surface area contributed by atoms with E-state index in [4.69, 9.17) is 10.9 Å². The molecule has 0 bridgehead atoms. The second-order valence-electron chi connectivity index (χ2n) is 4.66. The Morgan fingerprint density at radius 3 is 2.80 bits per heavy atom. The maximum Gasteiger partial charge on any atom is 0.335 e. The number of aromatic carboxylic acids is 1. The van der Waals surface area contributed by atoms with Gasteiger partial charge in [-0.1, -0.05) is 37.7 Å². The summed E-state index contributed by atoms with van der Waals surface area (Å²) in [6, 6.07) is 6.82. The Bertz CT molecular complexity index is 625. The Balaban J connectivity index is 2.09. The molecule has 0 amide bonds. The van der Waals surface area contributed by atoms with Gasteiger partial charge in [0, 0.05) is 11.7 Å². The second-order valence-corrected chi connectivity index (χ2v) is 5.60. The average Bonchev–Trinajstić information content (AvgIpc) is 2.78. The first-order chi connectivity index (χ1) is 9.49. The summed E-state index contributed by atoms with van der Waals surface area (Å²) in [4.78, 5) is 10.9. The molecule has 6 nitrogen and oxygen atoms in total. The van der Waals surface area contributed by atoms with Crippen LogP contribution >= 0.6 is 11.8 Å². The van der Waals surface area contributed by atoms with Crippen LogP contribution in [0.2, 0.25) is 0 Å². The molecule has 0 radical (unpaired) electrons. The lowest BCUT2D eigenvalue weighted by Gasteiger charge is -2.06. The third-order valence-electron chi connectivity index (χ3n) is 2.75. The molecular weight excluding hydrogens is 276 g/mol. The molecule has 106 valence electrons. The zero-order valence-corrected chi connectivity index (χ0v) is 12.1. The average molecular weight is 292 g/mol. The third-order valence-corrected chi connectivity index (χ3v) is 3.76. The summed E-state index contributed by atoms with van der Waals surface area (Å²) in [6.45, 7) is 4.00. The van der Waals surface area contributed by atoms with Gasteiger partial charge in [0.05, 0.1) is 5.56 Å². The minimum atomic E-state index is -0.930. The van der Waals surface area contributed by atoms with Gasteiger partial charge in [-0.15, -0.1) is 10.2 Å². The van der Waals surface area contributed by atoms with Crippen molar-refractivity contribution >= 4 is 17.7 Å². The largest absolute Gasteiger partial charge is 0.478 e. The molecule has 2 rings (SSSR count). The van der Waals surface area contributed by atoms with Crippen LogP contribution in [-0.4, -0.2) is 25.9 Å². The number of benzene rings is 1. The monoisotopic (exact) mass is 292 g/mol. The fourth-order valence-corrected chi connectivity index (χ4v) is 2.53. The first-order valence-electron chi connectivity index (χ1n) is 6.14. The maximum absolute atomic E-state index is 10.9. The highest BCUT2D eigenvalue weighted by Gasteiger charge is 2.13. The molecule has 3 N–H and O–H groups in total. The number of carboxylic acids is 1. The van der Waals surface area contributed by atoms with E-state index in [2.05, 4.69) is 10.2 Å². The zero-order chi connectivity index (χ0) is 14.7. The van der Waals surface area contributed by atoms with E-state index in [9.17, 15) is 4.79 Å². The van der Waals surface area contributed by atoms with Gasteiger partial charge in [0.25, 0.3) is 0 Å². The Labute approximate surface area is 121 Å². The number of aromatic nitrogens is 3. The molecule has 0 saturated carbocycles. The number of carbonyl (C=O) groups is 1. The standard InChI is InChI=1S/C13H16N4O2S/c1-8(2)11-15-16-13(17(11)14)20-7-9-4-3-5-10(6-9)12(18)19/h3-6,8H,7,14H2,1-2H3,(H,18,19). The van der Waals surface area contributed by atoms with Gasteiger partial charge in [-0.3, -0.25) is 0 Å². The Kier molecular flexibility index (Phi) is 4.29. The number of hydrogen-bond donors (Lipinski definition) is 2. The zero-order valence-electron chi connectivity index (χ0n) is 11.3. The molecule has 20 heavy (non-hydrogen) atoms. The number of nitrogen functional groups attached to an aromatic ring is 1. The molecule has 0 aliphatic heterocycles. The molecular formula is C13H16N4O2S. The van der Waals surface area contributed by atoms with Gasteiger partial charge in [0.1, 0.15) is 0 Å². The van der Waals surface area contributed by atoms with E-state index in [1.54, 1.807) is 18.2 Å². The first kappa shape index (κ1) is 14.4. The third kappa shape index (κ3) is 3.11. The summed E-state index contributed by atoms with van der Waals surface area (Å²) in [6.07, 6.45) is 0. The summed E-state index contributed by atoms with van der Waals surface area (Å²) in [5.74, 6) is 6.52. The summed E-state index contributed by atoms with van der Waals surface area (Å²) < 4.78 is 1.48. The number of nitrogens with zero attached hydrogens (tertiary/aromatic N) is 3. The number of carboxylic acid groups (broad SMARTS) is 1. The van der Waals surface area contributed by atoms with E-state index in [0.29, 0.717) is 10.9 Å². The summed E-state index contributed by atoms with van der Waals surface area (Å²) in [5.41, 5.74) is 1.18. The van der Waals surface area contributed by atoms with Gasteiger partial charge >= 0.3 is 5.97 Å². The quantitative estimate of drug-likeness (QED) is 0.647.